The molecule has 0 atom stereocenters. The average Bonchev–Trinajstić information content (AvgIpc) is 2.62. The molecule has 0 saturated carbocycles. The number of hydrogen-bond donors (Lipinski definition) is 0. The van der Waals surface area contributed by atoms with Crippen LogP contribution in [0.4, 0.5) is 0 Å². The fourth-order valence-corrected chi connectivity index (χ4v) is 3.88. The molecule has 3 aromatic carbocycles. The van der Waals surface area contributed by atoms with Gasteiger partial charge >= 0.3 is 0 Å². The molecule has 0 bridgehead atoms. The highest BCUT2D eigenvalue weighted by molar-refractivity contribution is 5.97. The molecule has 0 saturated heterocycles. The second-order valence-electron chi connectivity index (χ2n) is 7.71. The van der Waals surface area contributed by atoms with Crippen molar-refractivity contribution in [1.29, 1.82) is 0 Å². The maximum absolute atomic E-state index is 2.38. The molecule has 0 aliphatic carbocycles. The van der Waals surface area contributed by atoms with Crippen molar-refractivity contribution in [2.45, 2.75) is 33.6 Å². The molecule has 0 aliphatic rings. The van der Waals surface area contributed by atoms with Gasteiger partial charge in [-0.05, 0) is 52.3 Å². The van der Waals surface area contributed by atoms with E-state index in [0.29, 0.717) is 5.92 Å². The van der Waals surface area contributed by atoms with Crippen LogP contribution in [0.15, 0.2) is 60.7 Å². The Morgan fingerprint density at radius 1 is 0.769 bits per heavy atom. The van der Waals surface area contributed by atoms with Crippen LogP contribution in [0, 0.1) is 13.8 Å². The fraction of sp³-hybridized carbons (Fsp3) is 0.240. The summed E-state index contributed by atoms with van der Waals surface area (Å²) in [5.74, 6) is 0.525. The highest BCUT2D eigenvalue weighted by atomic mass is 14.9. The van der Waals surface area contributed by atoms with Gasteiger partial charge in [-0.15, -0.1) is 0 Å². The van der Waals surface area contributed by atoms with E-state index < -0.39 is 0 Å². The Bertz CT molecular complexity index is 1140. The number of aryl methyl sites for hydroxylation is 2. The Hall–Kier alpha value is -2.67. The smallest absolute Gasteiger partial charge is 0.198 e. The number of rotatable bonds is 2. The number of hydrogen-bond acceptors (Lipinski definition) is 0. The lowest BCUT2D eigenvalue weighted by atomic mass is 9.93. The third kappa shape index (κ3) is 2.68. The lowest BCUT2D eigenvalue weighted by Crippen LogP contribution is -2.35. The molecular weight excluding hydrogens is 314 g/mol. The summed E-state index contributed by atoms with van der Waals surface area (Å²) < 4.78 is 2.34. The number of fused-ring (bicyclic) bond motifs is 2. The molecule has 1 heteroatoms. The second kappa shape index (κ2) is 6.25. The zero-order valence-electron chi connectivity index (χ0n) is 16.3. The number of pyridine rings is 1. The number of benzene rings is 3. The summed E-state index contributed by atoms with van der Waals surface area (Å²) in [4.78, 5) is 0. The third-order valence-electron chi connectivity index (χ3n) is 5.58. The molecule has 26 heavy (non-hydrogen) atoms. The summed E-state index contributed by atoms with van der Waals surface area (Å²) in [5.41, 5.74) is 6.62. The number of aromatic nitrogens is 1. The van der Waals surface area contributed by atoms with E-state index in [1.54, 1.807) is 0 Å². The van der Waals surface area contributed by atoms with Crippen molar-refractivity contribution < 1.29 is 4.57 Å². The third-order valence-corrected chi connectivity index (χ3v) is 5.58. The summed E-state index contributed by atoms with van der Waals surface area (Å²) in [6.45, 7) is 8.94. The highest BCUT2D eigenvalue weighted by Crippen LogP contribution is 2.33. The zero-order chi connectivity index (χ0) is 18.4. The van der Waals surface area contributed by atoms with Gasteiger partial charge in [-0.25, -0.2) is 0 Å². The van der Waals surface area contributed by atoms with Gasteiger partial charge in [-0.1, -0.05) is 56.3 Å². The summed E-state index contributed by atoms with van der Waals surface area (Å²) in [7, 11) is 2.18. The van der Waals surface area contributed by atoms with Gasteiger partial charge < -0.3 is 0 Å². The van der Waals surface area contributed by atoms with Crippen LogP contribution in [-0.2, 0) is 7.05 Å². The Morgan fingerprint density at radius 3 is 2.15 bits per heavy atom. The molecule has 0 N–H and O–H groups in total. The highest BCUT2D eigenvalue weighted by Gasteiger charge is 2.20. The molecule has 0 fully saturated rings. The van der Waals surface area contributed by atoms with E-state index >= 15 is 0 Å². The first kappa shape index (κ1) is 16.8. The Labute approximate surface area is 155 Å². The first-order valence-electron chi connectivity index (χ1n) is 9.39. The Balaban J connectivity index is 2.11. The van der Waals surface area contributed by atoms with Gasteiger partial charge in [0.1, 0.15) is 7.05 Å². The quantitative estimate of drug-likeness (QED) is 0.381. The van der Waals surface area contributed by atoms with E-state index in [9.17, 15) is 0 Å². The van der Waals surface area contributed by atoms with E-state index in [4.69, 9.17) is 0 Å². The predicted octanol–water partition coefficient (Wildman–Crippen LogP) is 6.22. The largest absolute Gasteiger partial charge is 0.220 e. The van der Waals surface area contributed by atoms with Crippen LogP contribution in [0.3, 0.4) is 0 Å². The van der Waals surface area contributed by atoms with Gasteiger partial charge in [0.15, 0.2) is 5.69 Å². The zero-order valence-corrected chi connectivity index (χ0v) is 16.3. The molecule has 0 radical (unpaired) electrons. The van der Waals surface area contributed by atoms with Crippen molar-refractivity contribution in [2.24, 2.45) is 7.05 Å². The van der Waals surface area contributed by atoms with E-state index in [2.05, 4.69) is 100.0 Å². The van der Waals surface area contributed by atoms with Crippen molar-refractivity contribution in [2.75, 3.05) is 0 Å². The van der Waals surface area contributed by atoms with Crippen molar-refractivity contribution in [3.63, 3.8) is 0 Å². The lowest BCUT2D eigenvalue weighted by Gasteiger charge is -2.13. The first-order chi connectivity index (χ1) is 12.5. The summed E-state index contributed by atoms with van der Waals surface area (Å²) in [6.07, 6.45) is 0. The first-order valence-corrected chi connectivity index (χ1v) is 9.39. The minimum atomic E-state index is 0.525. The standard InChI is InChI=1S/C25H26N/c1-16(2)19-10-11-22-13-18(4)26(5)25(24(22)14-19)23-15-21-9-7-6-8-20(21)12-17(23)3/h6-16H,1-5H3/q+1. The monoisotopic (exact) mass is 340 g/mol. The van der Waals surface area contributed by atoms with Gasteiger partial charge in [0.05, 0.1) is 10.9 Å². The summed E-state index contributed by atoms with van der Waals surface area (Å²) >= 11 is 0. The maximum atomic E-state index is 2.38. The van der Waals surface area contributed by atoms with E-state index in [1.165, 1.54) is 49.6 Å². The van der Waals surface area contributed by atoms with Gasteiger partial charge in [-0.2, -0.15) is 4.57 Å². The molecule has 0 aliphatic heterocycles. The van der Waals surface area contributed by atoms with Crippen molar-refractivity contribution in [3.05, 3.63) is 77.5 Å². The Morgan fingerprint density at radius 2 is 1.46 bits per heavy atom. The van der Waals surface area contributed by atoms with Crippen LogP contribution in [0.25, 0.3) is 32.8 Å². The van der Waals surface area contributed by atoms with Crippen LogP contribution in [0.5, 0.6) is 0 Å². The lowest BCUT2D eigenvalue weighted by molar-refractivity contribution is -0.665. The predicted molar refractivity (Wildman–Crippen MR) is 112 cm³/mol. The van der Waals surface area contributed by atoms with Gasteiger partial charge in [0, 0.05) is 13.0 Å². The number of nitrogens with zero attached hydrogens (tertiary/aromatic N) is 1. The van der Waals surface area contributed by atoms with Crippen LogP contribution >= 0.6 is 0 Å². The molecule has 0 spiro atoms. The fourth-order valence-electron chi connectivity index (χ4n) is 3.88. The summed E-state index contributed by atoms with van der Waals surface area (Å²) in [6, 6.07) is 22.5. The normalized spacial score (nSPS) is 11.6. The Kier molecular flexibility index (Phi) is 4.03. The van der Waals surface area contributed by atoms with Crippen molar-refractivity contribution in [1.82, 2.24) is 0 Å². The minimum Gasteiger partial charge on any atom is -0.198 e. The molecule has 1 nitrogen and oxygen atoms in total. The van der Waals surface area contributed by atoms with Crippen LogP contribution in [0.2, 0.25) is 0 Å². The van der Waals surface area contributed by atoms with Gasteiger partial charge in [0.25, 0.3) is 0 Å². The van der Waals surface area contributed by atoms with Crippen LogP contribution in [0.1, 0.15) is 36.6 Å². The van der Waals surface area contributed by atoms with E-state index in [1.807, 2.05) is 0 Å². The molecule has 0 unspecified atom stereocenters. The second-order valence-corrected chi connectivity index (χ2v) is 7.71. The van der Waals surface area contributed by atoms with Crippen molar-refractivity contribution in [3.8, 4) is 11.3 Å². The van der Waals surface area contributed by atoms with Gasteiger partial charge in [0.2, 0.25) is 5.69 Å². The molecule has 0 amide bonds. The molecular formula is C25H26N+. The molecule has 1 aromatic heterocycles. The molecule has 4 aromatic rings. The van der Waals surface area contributed by atoms with Crippen LogP contribution < -0.4 is 4.57 Å². The minimum absolute atomic E-state index is 0.525. The van der Waals surface area contributed by atoms with E-state index in [-0.39, 0.29) is 0 Å². The summed E-state index contributed by atoms with van der Waals surface area (Å²) in [5, 5.41) is 5.24. The van der Waals surface area contributed by atoms with Gasteiger partial charge in [-0.3, -0.25) is 0 Å². The molecule has 1 heterocycles. The topological polar surface area (TPSA) is 3.88 Å². The SMILES string of the molecule is Cc1cc2ccccc2cc1-c1c2cc(C(C)C)ccc2cc(C)[n+]1C. The van der Waals surface area contributed by atoms with Crippen molar-refractivity contribution >= 4 is 21.5 Å². The van der Waals surface area contributed by atoms with E-state index in [0.717, 1.165) is 0 Å². The maximum Gasteiger partial charge on any atom is 0.220 e. The average molecular weight is 340 g/mol. The molecule has 130 valence electrons. The van der Waals surface area contributed by atoms with Crippen LogP contribution in [-0.4, -0.2) is 0 Å². The molecule has 4 rings (SSSR count).